The zero-order chi connectivity index (χ0) is 10.8. The van der Waals surface area contributed by atoms with Crippen molar-refractivity contribution < 1.29 is 19.1 Å². The molecule has 0 radical (unpaired) electrons. The molecule has 1 atom stereocenters. The number of hydrogen-bond donors (Lipinski definition) is 0. The summed E-state index contributed by atoms with van der Waals surface area (Å²) < 4.78 is 9.71. The summed E-state index contributed by atoms with van der Waals surface area (Å²) in [5, 5.41) is 0. The fourth-order valence-corrected chi connectivity index (χ4v) is 1.41. The van der Waals surface area contributed by atoms with Crippen LogP contribution in [0.25, 0.3) is 0 Å². The topological polar surface area (TPSA) is 52.6 Å². The molecule has 0 N–H and O–H groups in total. The third-order valence-corrected chi connectivity index (χ3v) is 2.21. The van der Waals surface area contributed by atoms with E-state index in [9.17, 15) is 9.59 Å². The zero-order valence-corrected chi connectivity index (χ0v) is 8.36. The normalized spacial score (nSPS) is 18.2. The maximum Gasteiger partial charge on any atom is 0.342 e. The van der Waals surface area contributed by atoms with Gasteiger partial charge in [-0.15, -0.1) is 11.6 Å². The smallest absolute Gasteiger partial charge is 0.342 e. The van der Waals surface area contributed by atoms with Crippen molar-refractivity contribution >= 4 is 23.5 Å². The first-order chi connectivity index (χ1) is 7.22. The highest BCUT2D eigenvalue weighted by Gasteiger charge is 2.33. The van der Waals surface area contributed by atoms with E-state index in [0.717, 1.165) is 0 Å². The van der Waals surface area contributed by atoms with Crippen molar-refractivity contribution in [2.24, 2.45) is 0 Å². The molecule has 5 heteroatoms. The number of esters is 2. The Morgan fingerprint density at radius 3 is 2.93 bits per heavy atom. The number of halogens is 1. The summed E-state index contributed by atoms with van der Waals surface area (Å²) in [4.78, 5) is 22.2. The summed E-state index contributed by atoms with van der Waals surface area (Å²) in [6, 6.07) is 6.74. The van der Waals surface area contributed by atoms with Gasteiger partial charge >= 0.3 is 11.9 Å². The van der Waals surface area contributed by atoms with Crippen molar-refractivity contribution in [3.8, 4) is 0 Å². The summed E-state index contributed by atoms with van der Waals surface area (Å²) in [6.07, 6.45) is -0.958. The molecule has 0 amide bonds. The largest absolute Gasteiger partial charge is 0.420 e. The number of hydrogen-bond acceptors (Lipinski definition) is 4. The van der Waals surface area contributed by atoms with E-state index >= 15 is 0 Å². The Labute approximate surface area is 90.7 Å². The van der Waals surface area contributed by atoms with Crippen molar-refractivity contribution in [2.45, 2.75) is 6.29 Å². The van der Waals surface area contributed by atoms with Crippen LogP contribution >= 0.6 is 11.6 Å². The minimum Gasteiger partial charge on any atom is -0.420 e. The molecule has 1 aromatic carbocycles. The Balaban J connectivity index is 2.25. The minimum atomic E-state index is -0.958. The number of carbonyl (C=O) groups is 2. The second kappa shape index (κ2) is 3.90. The number of fused-ring (bicyclic) bond motifs is 1. The van der Waals surface area contributed by atoms with Crippen LogP contribution in [0.15, 0.2) is 24.3 Å². The maximum absolute atomic E-state index is 11.3. The van der Waals surface area contributed by atoms with Crippen molar-refractivity contribution in [1.82, 2.24) is 0 Å². The Hall–Kier alpha value is -1.55. The fraction of sp³-hybridized carbons (Fsp3) is 0.200. The highest BCUT2D eigenvalue weighted by molar-refractivity contribution is 6.26. The first kappa shape index (κ1) is 9.98. The lowest BCUT2D eigenvalue weighted by Gasteiger charge is -2.10. The van der Waals surface area contributed by atoms with Crippen LogP contribution in [-0.4, -0.2) is 17.8 Å². The molecule has 1 heterocycles. The van der Waals surface area contributed by atoms with Gasteiger partial charge in [-0.2, -0.15) is 0 Å². The standard InChI is InChI=1S/C10H7ClO4/c11-5-8(12)14-10-7-4-2-1-3-6(7)9(13)15-10/h1-4,10H,5H2. The number of rotatable bonds is 2. The molecule has 78 valence electrons. The first-order valence-corrected chi connectivity index (χ1v) is 4.81. The molecule has 0 aromatic heterocycles. The van der Waals surface area contributed by atoms with Gasteiger partial charge in [0.25, 0.3) is 6.29 Å². The molecule has 0 bridgehead atoms. The molecule has 1 unspecified atom stereocenters. The van der Waals surface area contributed by atoms with Crippen LogP contribution in [0.5, 0.6) is 0 Å². The molecule has 4 nitrogen and oxygen atoms in total. The van der Waals surface area contributed by atoms with E-state index < -0.39 is 18.2 Å². The predicted octanol–water partition coefficient (Wildman–Crippen LogP) is 1.64. The van der Waals surface area contributed by atoms with Crippen molar-refractivity contribution in [3.63, 3.8) is 0 Å². The van der Waals surface area contributed by atoms with E-state index in [4.69, 9.17) is 21.1 Å². The van der Waals surface area contributed by atoms with Gasteiger partial charge in [-0.3, -0.25) is 4.79 Å². The Kier molecular flexibility index (Phi) is 2.60. The van der Waals surface area contributed by atoms with Crippen LogP contribution in [0.1, 0.15) is 22.2 Å². The molecular formula is C10H7ClO4. The summed E-state index contributed by atoms with van der Waals surface area (Å²) in [5.41, 5.74) is 0.978. The summed E-state index contributed by atoms with van der Waals surface area (Å²) in [7, 11) is 0. The second-order valence-corrected chi connectivity index (χ2v) is 3.22. The van der Waals surface area contributed by atoms with Crippen LogP contribution < -0.4 is 0 Å². The first-order valence-electron chi connectivity index (χ1n) is 4.27. The maximum atomic E-state index is 11.3. The molecule has 2 rings (SSSR count). The van der Waals surface area contributed by atoms with Gasteiger partial charge in [0.1, 0.15) is 5.88 Å². The Morgan fingerprint density at radius 1 is 1.47 bits per heavy atom. The average Bonchev–Trinajstić information content (AvgIpc) is 2.57. The van der Waals surface area contributed by atoms with E-state index in [1.165, 1.54) is 0 Å². The molecule has 0 saturated carbocycles. The lowest BCUT2D eigenvalue weighted by Crippen LogP contribution is -2.12. The van der Waals surface area contributed by atoms with Gasteiger partial charge in [0, 0.05) is 5.56 Å². The quantitative estimate of drug-likeness (QED) is 0.568. The third kappa shape index (κ3) is 1.80. The average molecular weight is 227 g/mol. The molecule has 1 aliphatic heterocycles. The SMILES string of the molecule is O=C(CCl)OC1OC(=O)c2ccccc21. The van der Waals surface area contributed by atoms with Crippen LogP contribution in [0, 0.1) is 0 Å². The number of alkyl halides is 1. The number of benzene rings is 1. The highest BCUT2D eigenvalue weighted by atomic mass is 35.5. The monoisotopic (exact) mass is 226 g/mol. The van der Waals surface area contributed by atoms with E-state index in [-0.39, 0.29) is 5.88 Å². The van der Waals surface area contributed by atoms with Crippen molar-refractivity contribution in [2.75, 3.05) is 5.88 Å². The van der Waals surface area contributed by atoms with Crippen molar-refractivity contribution in [1.29, 1.82) is 0 Å². The van der Waals surface area contributed by atoms with Gasteiger partial charge in [-0.25, -0.2) is 4.79 Å². The molecule has 1 aliphatic rings. The number of ether oxygens (including phenoxy) is 2. The summed E-state index contributed by atoms with van der Waals surface area (Å²) in [5.74, 6) is -1.37. The summed E-state index contributed by atoms with van der Waals surface area (Å²) >= 11 is 5.28. The zero-order valence-electron chi connectivity index (χ0n) is 7.60. The third-order valence-electron chi connectivity index (χ3n) is 2.00. The van der Waals surface area contributed by atoms with E-state index in [1.54, 1.807) is 24.3 Å². The molecule has 1 aromatic rings. The molecular weight excluding hydrogens is 220 g/mol. The van der Waals surface area contributed by atoms with E-state index in [0.29, 0.717) is 11.1 Å². The van der Waals surface area contributed by atoms with Crippen LogP contribution in [0.3, 0.4) is 0 Å². The van der Waals surface area contributed by atoms with Gasteiger partial charge in [0.15, 0.2) is 0 Å². The number of carbonyl (C=O) groups excluding carboxylic acids is 2. The predicted molar refractivity (Wildman–Crippen MR) is 51.4 cm³/mol. The number of cyclic esters (lactones) is 1. The lowest BCUT2D eigenvalue weighted by atomic mass is 10.1. The Morgan fingerprint density at radius 2 is 2.20 bits per heavy atom. The van der Waals surface area contributed by atoms with Crippen LogP contribution in [0.4, 0.5) is 0 Å². The van der Waals surface area contributed by atoms with Crippen LogP contribution in [0.2, 0.25) is 0 Å². The van der Waals surface area contributed by atoms with Gasteiger partial charge in [0.05, 0.1) is 5.56 Å². The molecule has 15 heavy (non-hydrogen) atoms. The summed E-state index contributed by atoms with van der Waals surface area (Å²) in [6.45, 7) is 0. The lowest BCUT2D eigenvalue weighted by molar-refractivity contribution is -0.164. The molecule has 0 aliphatic carbocycles. The van der Waals surface area contributed by atoms with E-state index in [2.05, 4.69) is 0 Å². The van der Waals surface area contributed by atoms with Gasteiger partial charge in [-0.1, -0.05) is 18.2 Å². The highest BCUT2D eigenvalue weighted by Crippen LogP contribution is 2.31. The van der Waals surface area contributed by atoms with E-state index in [1.807, 2.05) is 0 Å². The van der Waals surface area contributed by atoms with Gasteiger partial charge < -0.3 is 9.47 Å². The van der Waals surface area contributed by atoms with Crippen molar-refractivity contribution in [3.05, 3.63) is 35.4 Å². The Bertz CT molecular complexity index is 416. The molecule has 0 spiro atoms. The molecule has 0 fully saturated rings. The van der Waals surface area contributed by atoms with Crippen LogP contribution in [-0.2, 0) is 14.3 Å². The molecule has 0 saturated heterocycles. The van der Waals surface area contributed by atoms with Gasteiger partial charge in [0.2, 0.25) is 0 Å². The van der Waals surface area contributed by atoms with Gasteiger partial charge in [-0.05, 0) is 6.07 Å². The minimum absolute atomic E-state index is 0.268. The fourth-order valence-electron chi connectivity index (χ4n) is 1.35. The second-order valence-electron chi connectivity index (χ2n) is 2.95.